The zero-order chi connectivity index (χ0) is 21.8. The predicted octanol–water partition coefficient (Wildman–Crippen LogP) is 4.27. The minimum absolute atomic E-state index is 0.0416. The average molecular weight is 458 g/mol. The number of nitrogens with one attached hydrogen (secondary N) is 1. The van der Waals surface area contributed by atoms with E-state index >= 15 is 0 Å². The summed E-state index contributed by atoms with van der Waals surface area (Å²) in [4.78, 5) is 30.5. The van der Waals surface area contributed by atoms with Crippen molar-refractivity contribution in [1.29, 1.82) is 0 Å². The number of aromatic nitrogens is 1. The number of benzene rings is 1. The fourth-order valence-electron chi connectivity index (χ4n) is 3.33. The first kappa shape index (κ1) is 22.2. The van der Waals surface area contributed by atoms with Crippen LogP contribution in [-0.2, 0) is 0 Å². The Labute approximate surface area is 182 Å². The Morgan fingerprint density at radius 2 is 1.97 bits per heavy atom. The highest BCUT2D eigenvalue weighted by molar-refractivity contribution is 6.36. The molecule has 2 heterocycles. The average Bonchev–Trinajstić information content (AvgIpc) is 2.63. The monoisotopic (exact) mass is 457 g/mol. The van der Waals surface area contributed by atoms with E-state index in [9.17, 15) is 18.4 Å². The van der Waals surface area contributed by atoms with E-state index in [-0.39, 0.29) is 44.9 Å². The van der Waals surface area contributed by atoms with Crippen molar-refractivity contribution in [3.63, 3.8) is 0 Å². The van der Waals surface area contributed by atoms with Gasteiger partial charge in [-0.25, -0.2) is 4.98 Å². The van der Waals surface area contributed by atoms with Crippen LogP contribution in [0.5, 0.6) is 5.75 Å². The summed E-state index contributed by atoms with van der Waals surface area (Å²) in [7, 11) is 0. The molecular formula is C20H19Cl2F2N3O3. The van der Waals surface area contributed by atoms with Crippen molar-refractivity contribution in [1.82, 2.24) is 15.2 Å². The highest BCUT2D eigenvalue weighted by Gasteiger charge is 2.33. The number of ether oxygens (including phenoxy) is 1. The van der Waals surface area contributed by atoms with Crippen LogP contribution in [0.15, 0.2) is 36.5 Å². The third-order valence-electron chi connectivity index (χ3n) is 4.71. The Balaban J connectivity index is 1.51. The standard InChI is InChI=1S/C20H19Cl2F2N3O3/c1-11(26-18(28)13-4-2-3-5-16(13)30-20(23)24)6-12-9-27(10-12)19(29)14-8-25-17(22)7-15(14)21/h2-5,7-8,11-12,20H,6,9-10H2,1H3,(H,26,28). The van der Waals surface area contributed by atoms with Gasteiger partial charge in [0.2, 0.25) is 0 Å². The molecule has 1 unspecified atom stereocenters. The summed E-state index contributed by atoms with van der Waals surface area (Å²) in [5.41, 5.74) is 0.330. The lowest BCUT2D eigenvalue weighted by atomic mass is 9.92. The number of rotatable bonds is 7. The van der Waals surface area contributed by atoms with E-state index in [2.05, 4.69) is 15.0 Å². The summed E-state index contributed by atoms with van der Waals surface area (Å²) in [6.45, 7) is -0.162. The maximum atomic E-state index is 12.5. The number of alkyl halides is 2. The van der Waals surface area contributed by atoms with Gasteiger partial charge in [0.1, 0.15) is 10.9 Å². The van der Waals surface area contributed by atoms with Crippen molar-refractivity contribution < 1.29 is 23.1 Å². The molecule has 30 heavy (non-hydrogen) atoms. The van der Waals surface area contributed by atoms with Crippen LogP contribution in [0.1, 0.15) is 34.1 Å². The Bertz CT molecular complexity index is 939. The number of likely N-dealkylation sites (tertiary alicyclic amines) is 1. The van der Waals surface area contributed by atoms with Gasteiger partial charge in [-0.3, -0.25) is 9.59 Å². The zero-order valence-corrected chi connectivity index (χ0v) is 17.5. The lowest BCUT2D eigenvalue weighted by Crippen LogP contribution is -2.52. The first-order valence-electron chi connectivity index (χ1n) is 9.19. The van der Waals surface area contributed by atoms with Crippen LogP contribution in [0.25, 0.3) is 0 Å². The second kappa shape index (κ2) is 9.57. The molecule has 1 fully saturated rings. The molecule has 0 saturated carbocycles. The third-order valence-corrected chi connectivity index (χ3v) is 5.23. The molecule has 2 amide bonds. The molecule has 1 atom stereocenters. The molecular weight excluding hydrogens is 439 g/mol. The van der Waals surface area contributed by atoms with Crippen LogP contribution in [-0.4, -0.2) is 47.4 Å². The molecule has 0 aliphatic carbocycles. The molecule has 0 bridgehead atoms. The van der Waals surface area contributed by atoms with Crippen molar-refractivity contribution in [3.05, 3.63) is 57.8 Å². The Morgan fingerprint density at radius 3 is 2.63 bits per heavy atom. The number of halogens is 4. The van der Waals surface area contributed by atoms with Crippen LogP contribution in [0.2, 0.25) is 10.2 Å². The molecule has 2 aromatic rings. The van der Waals surface area contributed by atoms with E-state index in [0.29, 0.717) is 19.5 Å². The fraction of sp³-hybridized carbons (Fsp3) is 0.350. The van der Waals surface area contributed by atoms with Crippen molar-refractivity contribution in [2.24, 2.45) is 5.92 Å². The summed E-state index contributed by atoms with van der Waals surface area (Å²) in [5, 5.41) is 3.24. The maximum absolute atomic E-state index is 12.5. The largest absolute Gasteiger partial charge is 0.434 e. The number of carbonyl (C=O) groups is 2. The minimum Gasteiger partial charge on any atom is -0.434 e. The number of carbonyl (C=O) groups excluding carboxylic acids is 2. The van der Waals surface area contributed by atoms with E-state index in [1.807, 2.05) is 6.92 Å². The van der Waals surface area contributed by atoms with Gasteiger partial charge in [-0.05, 0) is 37.5 Å². The van der Waals surface area contributed by atoms with E-state index in [1.165, 1.54) is 30.5 Å². The minimum atomic E-state index is -3.01. The topological polar surface area (TPSA) is 71.5 Å². The van der Waals surface area contributed by atoms with Gasteiger partial charge in [-0.15, -0.1) is 0 Å². The molecule has 1 aliphatic rings. The SMILES string of the molecule is CC(CC1CN(C(=O)c2cnc(Cl)cc2Cl)C1)NC(=O)c1ccccc1OC(F)F. The van der Waals surface area contributed by atoms with Crippen molar-refractivity contribution in [2.75, 3.05) is 13.1 Å². The number of hydrogen-bond acceptors (Lipinski definition) is 4. The molecule has 0 spiro atoms. The number of hydrogen-bond donors (Lipinski definition) is 1. The van der Waals surface area contributed by atoms with Gasteiger partial charge in [-0.2, -0.15) is 8.78 Å². The predicted molar refractivity (Wildman–Crippen MR) is 108 cm³/mol. The summed E-state index contributed by atoms with van der Waals surface area (Å²) >= 11 is 11.8. The normalized spacial score (nSPS) is 14.9. The van der Waals surface area contributed by atoms with Crippen molar-refractivity contribution in [3.8, 4) is 5.75 Å². The Hall–Kier alpha value is -2.45. The fourth-order valence-corrected chi connectivity index (χ4v) is 3.78. The summed E-state index contributed by atoms with van der Waals surface area (Å²) in [6, 6.07) is 7.02. The number of amides is 2. The van der Waals surface area contributed by atoms with Gasteiger partial charge in [0.15, 0.2) is 0 Å². The van der Waals surface area contributed by atoms with Gasteiger partial charge in [0.25, 0.3) is 11.8 Å². The van der Waals surface area contributed by atoms with E-state index in [4.69, 9.17) is 23.2 Å². The van der Waals surface area contributed by atoms with Gasteiger partial charge in [-0.1, -0.05) is 35.3 Å². The summed E-state index contributed by atoms with van der Waals surface area (Å²) < 4.78 is 29.4. The van der Waals surface area contributed by atoms with E-state index < -0.39 is 12.5 Å². The lowest BCUT2D eigenvalue weighted by molar-refractivity contribution is -0.0501. The second-order valence-electron chi connectivity index (χ2n) is 7.05. The molecule has 1 aliphatic heterocycles. The molecule has 160 valence electrons. The Kier molecular flexibility index (Phi) is 7.10. The van der Waals surface area contributed by atoms with Crippen molar-refractivity contribution in [2.45, 2.75) is 26.0 Å². The van der Waals surface area contributed by atoms with Crippen LogP contribution in [0, 0.1) is 5.92 Å². The first-order chi connectivity index (χ1) is 14.2. The Morgan fingerprint density at radius 1 is 1.27 bits per heavy atom. The summed E-state index contributed by atoms with van der Waals surface area (Å²) in [6.07, 6.45) is 1.97. The molecule has 1 aromatic heterocycles. The van der Waals surface area contributed by atoms with Crippen LogP contribution in [0.4, 0.5) is 8.78 Å². The number of nitrogens with zero attached hydrogens (tertiary/aromatic N) is 2. The lowest BCUT2D eigenvalue weighted by Gasteiger charge is -2.40. The highest BCUT2D eigenvalue weighted by Crippen LogP contribution is 2.27. The quantitative estimate of drug-likeness (QED) is 0.630. The molecule has 6 nitrogen and oxygen atoms in total. The number of para-hydroxylation sites is 1. The highest BCUT2D eigenvalue weighted by atomic mass is 35.5. The van der Waals surface area contributed by atoms with Gasteiger partial charge >= 0.3 is 6.61 Å². The summed E-state index contributed by atoms with van der Waals surface area (Å²) in [5.74, 6) is -0.706. The molecule has 0 radical (unpaired) electrons. The van der Waals surface area contributed by atoms with E-state index in [1.54, 1.807) is 11.0 Å². The van der Waals surface area contributed by atoms with Gasteiger partial charge in [0, 0.05) is 25.3 Å². The maximum Gasteiger partial charge on any atom is 0.387 e. The first-order valence-corrected chi connectivity index (χ1v) is 9.95. The van der Waals surface area contributed by atoms with Crippen LogP contribution in [0.3, 0.4) is 0 Å². The second-order valence-corrected chi connectivity index (χ2v) is 7.84. The third kappa shape index (κ3) is 5.37. The molecule has 3 rings (SSSR count). The van der Waals surface area contributed by atoms with Gasteiger partial charge in [0.05, 0.1) is 16.1 Å². The van der Waals surface area contributed by atoms with Crippen LogP contribution >= 0.6 is 23.2 Å². The molecule has 1 saturated heterocycles. The number of pyridine rings is 1. The van der Waals surface area contributed by atoms with Crippen molar-refractivity contribution >= 4 is 35.0 Å². The molecule has 1 N–H and O–H groups in total. The van der Waals surface area contributed by atoms with Crippen LogP contribution < -0.4 is 10.1 Å². The smallest absolute Gasteiger partial charge is 0.387 e. The molecule has 1 aromatic carbocycles. The van der Waals surface area contributed by atoms with Gasteiger partial charge < -0.3 is 15.0 Å². The molecule has 10 heteroatoms. The zero-order valence-electron chi connectivity index (χ0n) is 15.9. The van der Waals surface area contributed by atoms with E-state index in [0.717, 1.165) is 0 Å².